The zero-order valence-electron chi connectivity index (χ0n) is 17.7. The molecule has 9 heteroatoms. The van der Waals surface area contributed by atoms with E-state index >= 15 is 0 Å². The van der Waals surface area contributed by atoms with Gasteiger partial charge in [-0.05, 0) is 72.5 Å². The third-order valence-corrected chi connectivity index (χ3v) is 6.89. The van der Waals surface area contributed by atoms with Gasteiger partial charge in [-0.15, -0.1) is 4.72 Å². The summed E-state index contributed by atoms with van der Waals surface area (Å²) in [4.78, 5) is 0. The second-order valence-electron chi connectivity index (χ2n) is 9.15. The van der Waals surface area contributed by atoms with Crippen molar-refractivity contribution in [2.45, 2.75) is 83.6 Å². The lowest BCUT2D eigenvalue weighted by Crippen LogP contribution is -2.41. The van der Waals surface area contributed by atoms with E-state index < -0.39 is 52.2 Å². The molecule has 4 nitrogen and oxygen atoms in total. The van der Waals surface area contributed by atoms with Crippen molar-refractivity contribution in [1.82, 2.24) is 4.72 Å². The molecule has 0 saturated carbocycles. The van der Waals surface area contributed by atoms with Crippen LogP contribution in [-0.4, -0.2) is 27.6 Å². The van der Waals surface area contributed by atoms with Gasteiger partial charge in [0.25, 0.3) is 0 Å². The average molecular weight is 419 g/mol. The summed E-state index contributed by atoms with van der Waals surface area (Å²) < 4.78 is 67.5. The SMILES string of the molecule is C[C@@H](N[S+]([O-])C(C)(C)C)c1ccc(B2OC(C)(C)C(C)(C)O2)cc1C(F)(F)F. The van der Waals surface area contributed by atoms with Gasteiger partial charge < -0.3 is 13.9 Å². The Labute approximate surface area is 169 Å². The number of benzene rings is 1. The van der Waals surface area contributed by atoms with Gasteiger partial charge in [0, 0.05) is 11.4 Å². The number of alkyl halides is 3. The molecule has 1 aliphatic rings. The highest BCUT2D eigenvalue weighted by Gasteiger charge is 2.52. The van der Waals surface area contributed by atoms with E-state index in [-0.39, 0.29) is 5.56 Å². The van der Waals surface area contributed by atoms with E-state index in [0.717, 1.165) is 6.07 Å². The molecule has 1 aromatic carbocycles. The molecule has 0 aliphatic carbocycles. The lowest BCUT2D eigenvalue weighted by atomic mass is 9.77. The van der Waals surface area contributed by atoms with Gasteiger partial charge in [-0.25, -0.2) is 0 Å². The quantitative estimate of drug-likeness (QED) is 0.590. The highest BCUT2D eigenvalue weighted by atomic mass is 32.2. The van der Waals surface area contributed by atoms with E-state index in [1.165, 1.54) is 6.07 Å². The molecule has 1 saturated heterocycles. The number of nitrogens with one attached hydrogen (secondary N) is 1. The number of halogens is 3. The zero-order chi connectivity index (χ0) is 21.7. The van der Waals surface area contributed by atoms with Crippen LogP contribution in [0.4, 0.5) is 13.2 Å². The molecule has 158 valence electrons. The molecule has 1 fully saturated rings. The molecule has 0 bridgehead atoms. The third-order valence-electron chi connectivity index (χ3n) is 5.21. The Morgan fingerprint density at radius 3 is 2.00 bits per heavy atom. The van der Waals surface area contributed by atoms with Crippen molar-refractivity contribution in [2.75, 3.05) is 0 Å². The zero-order valence-corrected chi connectivity index (χ0v) is 18.5. The highest BCUT2D eigenvalue weighted by Crippen LogP contribution is 2.38. The third kappa shape index (κ3) is 4.87. The highest BCUT2D eigenvalue weighted by molar-refractivity contribution is 7.90. The fraction of sp³-hybridized carbons (Fsp3) is 0.684. The Morgan fingerprint density at radius 1 is 1.07 bits per heavy atom. The summed E-state index contributed by atoms with van der Waals surface area (Å²) in [7, 11) is -0.882. The molecule has 0 amide bonds. The van der Waals surface area contributed by atoms with Gasteiger partial charge in [-0.3, -0.25) is 0 Å². The van der Waals surface area contributed by atoms with Gasteiger partial charge in [0.1, 0.15) is 4.75 Å². The number of hydrogen-bond acceptors (Lipinski definition) is 4. The maximum absolute atomic E-state index is 13.8. The normalized spacial score (nSPS) is 21.6. The van der Waals surface area contributed by atoms with Gasteiger partial charge >= 0.3 is 13.3 Å². The molecule has 0 spiro atoms. The first-order chi connectivity index (χ1) is 12.5. The first-order valence-corrected chi connectivity index (χ1v) is 10.4. The van der Waals surface area contributed by atoms with E-state index in [0.29, 0.717) is 5.46 Å². The lowest BCUT2D eigenvalue weighted by molar-refractivity contribution is -0.138. The standard InChI is InChI=1S/C19H29BF3NO3S/c1-12(24-28(25)16(2,3)4)14-10-9-13(11-15(14)19(21,22)23)20-26-17(5,6)18(7,8)27-20/h9-12,24H,1-8H3/t12-,28?/m1/s1. The Balaban J connectivity index is 2.38. The van der Waals surface area contributed by atoms with Crippen LogP contribution in [0.3, 0.4) is 0 Å². The molecule has 1 heterocycles. The molecule has 28 heavy (non-hydrogen) atoms. The van der Waals surface area contributed by atoms with Crippen molar-refractivity contribution < 1.29 is 27.0 Å². The van der Waals surface area contributed by atoms with Crippen LogP contribution in [0.1, 0.15) is 72.6 Å². The first-order valence-electron chi connectivity index (χ1n) is 9.20. The summed E-state index contributed by atoms with van der Waals surface area (Å²) in [5.74, 6) is 0. The Kier molecular flexibility index (Phi) is 6.31. The van der Waals surface area contributed by atoms with Gasteiger partial charge in [-0.2, -0.15) is 13.2 Å². The monoisotopic (exact) mass is 419 g/mol. The van der Waals surface area contributed by atoms with E-state index in [9.17, 15) is 17.7 Å². The van der Waals surface area contributed by atoms with Crippen molar-refractivity contribution in [2.24, 2.45) is 0 Å². The van der Waals surface area contributed by atoms with Crippen molar-refractivity contribution in [3.63, 3.8) is 0 Å². The Hall–Kier alpha value is -0.735. The predicted octanol–water partition coefficient (Wildman–Crippen LogP) is 4.12. The van der Waals surface area contributed by atoms with E-state index in [1.807, 2.05) is 27.7 Å². The summed E-state index contributed by atoms with van der Waals surface area (Å²) in [6.07, 6.45) is -4.56. The lowest BCUT2D eigenvalue weighted by Gasteiger charge is -2.32. The van der Waals surface area contributed by atoms with E-state index in [1.54, 1.807) is 33.8 Å². The summed E-state index contributed by atoms with van der Waals surface area (Å²) >= 11 is -1.50. The van der Waals surface area contributed by atoms with Gasteiger partial charge in [0.2, 0.25) is 0 Å². The van der Waals surface area contributed by atoms with Crippen LogP contribution in [0.15, 0.2) is 18.2 Å². The number of hydrogen-bond donors (Lipinski definition) is 1. The first kappa shape index (κ1) is 23.5. The smallest absolute Gasteiger partial charge is 0.494 e. The minimum absolute atomic E-state index is 0.0327. The molecule has 0 radical (unpaired) electrons. The maximum Gasteiger partial charge on any atom is 0.494 e. The fourth-order valence-electron chi connectivity index (χ4n) is 2.72. The van der Waals surface area contributed by atoms with Crippen LogP contribution in [0.5, 0.6) is 0 Å². The molecule has 2 rings (SSSR count). The molecule has 0 aromatic heterocycles. The largest absolute Gasteiger partial charge is 0.598 e. The minimum Gasteiger partial charge on any atom is -0.598 e. The van der Waals surface area contributed by atoms with Crippen LogP contribution in [0.25, 0.3) is 0 Å². The van der Waals surface area contributed by atoms with Crippen LogP contribution in [0.2, 0.25) is 0 Å². The second kappa shape index (κ2) is 7.50. The molecular weight excluding hydrogens is 390 g/mol. The summed E-state index contributed by atoms with van der Waals surface area (Å²) in [6, 6.07) is 3.30. The topological polar surface area (TPSA) is 53.5 Å². The van der Waals surface area contributed by atoms with Crippen LogP contribution in [0, 0.1) is 0 Å². The molecule has 1 aliphatic heterocycles. The Bertz CT molecular complexity index is 703. The maximum atomic E-state index is 13.8. The van der Waals surface area contributed by atoms with E-state index in [4.69, 9.17) is 9.31 Å². The van der Waals surface area contributed by atoms with Crippen LogP contribution < -0.4 is 10.2 Å². The molecule has 1 aromatic rings. The molecule has 1 N–H and O–H groups in total. The van der Waals surface area contributed by atoms with Crippen LogP contribution >= 0.6 is 0 Å². The minimum atomic E-state index is -4.56. The Morgan fingerprint density at radius 2 is 1.57 bits per heavy atom. The molecule has 1 unspecified atom stereocenters. The predicted molar refractivity (Wildman–Crippen MR) is 107 cm³/mol. The number of rotatable bonds is 4. The van der Waals surface area contributed by atoms with Crippen molar-refractivity contribution >= 4 is 23.9 Å². The van der Waals surface area contributed by atoms with E-state index in [2.05, 4.69) is 4.72 Å². The summed E-state index contributed by atoms with van der Waals surface area (Å²) in [5, 5.41) is 0. The summed E-state index contributed by atoms with van der Waals surface area (Å²) in [6.45, 7) is 14.2. The molecular formula is C19H29BF3NO3S. The van der Waals surface area contributed by atoms with Crippen molar-refractivity contribution in [1.29, 1.82) is 0 Å². The van der Waals surface area contributed by atoms with Crippen molar-refractivity contribution in [3.05, 3.63) is 29.3 Å². The average Bonchev–Trinajstić information content (AvgIpc) is 2.73. The summed E-state index contributed by atoms with van der Waals surface area (Å²) in [5.41, 5.74) is -1.74. The second-order valence-corrected chi connectivity index (χ2v) is 11.2. The fourth-order valence-corrected chi connectivity index (χ4v) is 3.53. The van der Waals surface area contributed by atoms with Gasteiger partial charge in [0.05, 0.1) is 22.8 Å². The van der Waals surface area contributed by atoms with Crippen molar-refractivity contribution in [3.8, 4) is 0 Å². The van der Waals surface area contributed by atoms with Crippen LogP contribution in [-0.2, 0) is 26.8 Å². The molecule has 2 atom stereocenters. The van der Waals surface area contributed by atoms with Gasteiger partial charge in [0.15, 0.2) is 0 Å². The van der Waals surface area contributed by atoms with Gasteiger partial charge in [-0.1, -0.05) is 12.1 Å².